The average Bonchev–Trinajstić information content (AvgIpc) is 3.16. The number of benzene rings is 2. The van der Waals surface area contributed by atoms with Crippen LogP contribution >= 0.6 is 0 Å². The summed E-state index contributed by atoms with van der Waals surface area (Å²) in [5.41, 5.74) is 12.7. The summed E-state index contributed by atoms with van der Waals surface area (Å²) in [7, 11) is 1.69. The van der Waals surface area contributed by atoms with E-state index in [9.17, 15) is 9.90 Å². The molecule has 0 amide bonds. The van der Waals surface area contributed by atoms with E-state index in [0.29, 0.717) is 37.8 Å². The lowest BCUT2D eigenvalue weighted by molar-refractivity contribution is -0.146. The summed E-state index contributed by atoms with van der Waals surface area (Å²) in [6.45, 7) is 13.3. The second-order valence-electron chi connectivity index (χ2n) is 10.3. The number of aliphatic carboxylic acids is 1. The molecule has 0 spiro atoms. The van der Waals surface area contributed by atoms with Crippen LogP contribution in [0.15, 0.2) is 45.8 Å². The largest absolute Gasteiger partial charge is 0.481 e. The van der Waals surface area contributed by atoms with Gasteiger partial charge in [-0.05, 0) is 82.3 Å². The predicted molar refractivity (Wildman–Crippen MR) is 144 cm³/mol. The first-order valence-electron chi connectivity index (χ1n) is 12.2. The summed E-state index contributed by atoms with van der Waals surface area (Å²) in [6, 6.07) is 12.4. The smallest absolute Gasteiger partial charge is 0.309 e. The Bertz CT molecular complexity index is 1230. The van der Waals surface area contributed by atoms with Crippen LogP contribution in [0, 0.1) is 33.1 Å². The first kappa shape index (κ1) is 27.1. The van der Waals surface area contributed by atoms with Gasteiger partial charge in [-0.1, -0.05) is 29.8 Å². The van der Waals surface area contributed by atoms with E-state index in [2.05, 4.69) is 28.9 Å². The Morgan fingerprint density at radius 2 is 1.69 bits per heavy atom. The van der Waals surface area contributed by atoms with Gasteiger partial charge in [-0.2, -0.15) is 0 Å². The number of carboxylic acids is 1. The van der Waals surface area contributed by atoms with Crippen molar-refractivity contribution in [1.29, 1.82) is 0 Å². The van der Waals surface area contributed by atoms with E-state index in [1.165, 1.54) is 5.56 Å². The molecule has 3 aromatic rings. The van der Waals surface area contributed by atoms with Crippen LogP contribution in [0.25, 0.3) is 11.5 Å². The molecule has 7 heteroatoms. The molecule has 0 fully saturated rings. The van der Waals surface area contributed by atoms with Gasteiger partial charge in [-0.15, -0.1) is 0 Å². The second kappa shape index (κ2) is 11.1. The van der Waals surface area contributed by atoms with Crippen LogP contribution in [0.2, 0.25) is 0 Å². The maximum atomic E-state index is 11.7. The maximum Gasteiger partial charge on any atom is 0.309 e. The van der Waals surface area contributed by atoms with Crippen LogP contribution in [-0.2, 0) is 24.3 Å². The molecular weight excluding hydrogens is 452 g/mol. The molecule has 1 heterocycles. The van der Waals surface area contributed by atoms with Crippen molar-refractivity contribution in [2.45, 2.75) is 61.1 Å². The number of nitrogens with two attached hydrogens (primary N) is 1. The van der Waals surface area contributed by atoms with E-state index in [4.69, 9.17) is 15.1 Å². The monoisotopic (exact) mass is 490 g/mol. The second-order valence-corrected chi connectivity index (χ2v) is 10.3. The first-order chi connectivity index (χ1) is 16.9. The molecule has 0 aliphatic rings. The highest BCUT2D eigenvalue weighted by Gasteiger charge is 2.29. The molecule has 0 bridgehead atoms. The van der Waals surface area contributed by atoms with Crippen molar-refractivity contribution in [3.63, 3.8) is 0 Å². The zero-order chi connectivity index (χ0) is 26.6. The Morgan fingerprint density at radius 1 is 1.08 bits per heavy atom. The number of hydrogen-bond donors (Lipinski definition) is 2. The first-order valence-corrected chi connectivity index (χ1v) is 12.2. The van der Waals surface area contributed by atoms with Crippen LogP contribution in [0.5, 0.6) is 0 Å². The number of oxazole rings is 1. The summed E-state index contributed by atoms with van der Waals surface area (Å²) in [5.74, 6) is 1.14. The lowest BCUT2D eigenvalue weighted by Crippen LogP contribution is -2.33. The van der Waals surface area contributed by atoms with Gasteiger partial charge in [0.25, 0.3) is 0 Å². The van der Waals surface area contributed by atoms with Gasteiger partial charge >= 0.3 is 5.97 Å². The molecule has 0 unspecified atom stereocenters. The number of amidine groups is 1. The SMILES string of the molecule is CN=C(N)CN(Cc1cc(C)c(CC(C)(C)C(=O)O)c(C)c1)Cc1nc(-c2ccc(C)cc2)oc1C. The van der Waals surface area contributed by atoms with Gasteiger partial charge in [-0.25, -0.2) is 4.98 Å². The quantitative estimate of drug-likeness (QED) is 0.298. The van der Waals surface area contributed by atoms with Crippen molar-refractivity contribution in [3.05, 3.63) is 75.7 Å². The van der Waals surface area contributed by atoms with Crippen molar-refractivity contribution in [2.24, 2.45) is 16.1 Å². The number of hydrogen-bond acceptors (Lipinski definition) is 5. The fraction of sp³-hybridized carbons (Fsp3) is 0.414. The lowest BCUT2D eigenvalue weighted by Gasteiger charge is -2.24. The number of carboxylic acid groups (broad SMARTS) is 1. The molecule has 1 aromatic heterocycles. The van der Waals surface area contributed by atoms with E-state index >= 15 is 0 Å². The van der Waals surface area contributed by atoms with E-state index in [-0.39, 0.29) is 0 Å². The number of aryl methyl sites for hydroxylation is 4. The molecule has 0 saturated carbocycles. The third-order valence-electron chi connectivity index (χ3n) is 6.60. The van der Waals surface area contributed by atoms with E-state index in [0.717, 1.165) is 39.3 Å². The normalized spacial score (nSPS) is 12.4. The van der Waals surface area contributed by atoms with Gasteiger partial charge in [0.05, 0.1) is 17.7 Å². The Hall–Kier alpha value is -3.45. The summed E-state index contributed by atoms with van der Waals surface area (Å²) in [6.07, 6.45) is 0.485. The van der Waals surface area contributed by atoms with Gasteiger partial charge < -0.3 is 15.3 Å². The summed E-state index contributed by atoms with van der Waals surface area (Å²) in [4.78, 5) is 22.8. The van der Waals surface area contributed by atoms with E-state index in [1.807, 2.05) is 45.0 Å². The fourth-order valence-electron chi connectivity index (χ4n) is 4.30. The molecule has 3 N–H and O–H groups in total. The number of aliphatic imine (C=N–C) groups is 1. The van der Waals surface area contributed by atoms with Crippen molar-refractivity contribution in [2.75, 3.05) is 13.6 Å². The molecule has 0 aliphatic carbocycles. The highest BCUT2D eigenvalue weighted by atomic mass is 16.4. The minimum atomic E-state index is -0.825. The minimum Gasteiger partial charge on any atom is -0.481 e. The van der Waals surface area contributed by atoms with E-state index < -0.39 is 11.4 Å². The third-order valence-corrected chi connectivity index (χ3v) is 6.60. The number of aromatic nitrogens is 1. The fourth-order valence-corrected chi connectivity index (χ4v) is 4.30. The van der Waals surface area contributed by atoms with Crippen LogP contribution < -0.4 is 5.73 Å². The zero-order valence-corrected chi connectivity index (χ0v) is 22.5. The van der Waals surface area contributed by atoms with Crippen LogP contribution in [0.3, 0.4) is 0 Å². The molecule has 0 radical (unpaired) electrons. The molecule has 3 rings (SSSR count). The Morgan fingerprint density at radius 3 is 2.25 bits per heavy atom. The van der Waals surface area contributed by atoms with Gasteiger partial charge in [0, 0.05) is 25.7 Å². The lowest BCUT2D eigenvalue weighted by atomic mass is 9.82. The van der Waals surface area contributed by atoms with E-state index in [1.54, 1.807) is 20.9 Å². The van der Waals surface area contributed by atoms with Gasteiger partial charge in [0.1, 0.15) is 11.6 Å². The van der Waals surface area contributed by atoms with Crippen molar-refractivity contribution < 1.29 is 14.3 Å². The predicted octanol–water partition coefficient (Wildman–Crippen LogP) is 5.22. The van der Waals surface area contributed by atoms with Crippen molar-refractivity contribution in [1.82, 2.24) is 9.88 Å². The van der Waals surface area contributed by atoms with Gasteiger partial charge in [-0.3, -0.25) is 14.7 Å². The van der Waals surface area contributed by atoms with Crippen LogP contribution in [0.4, 0.5) is 0 Å². The zero-order valence-electron chi connectivity index (χ0n) is 22.5. The van der Waals surface area contributed by atoms with Crippen LogP contribution in [-0.4, -0.2) is 40.4 Å². The van der Waals surface area contributed by atoms with Crippen LogP contribution in [0.1, 0.15) is 53.1 Å². The molecule has 192 valence electrons. The average molecular weight is 491 g/mol. The van der Waals surface area contributed by atoms with Crippen molar-refractivity contribution in [3.8, 4) is 11.5 Å². The minimum absolute atomic E-state index is 0.485. The maximum absolute atomic E-state index is 11.7. The highest BCUT2D eigenvalue weighted by molar-refractivity contribution is 5.82. The standard InChI is InChI=1S/C29H38N4O3/c1-18-8-10-23(11-9-18)27-32-25(21(4)36-27)16-33(17-26(30)31-7)15-22-12-19(2)24(20(3)13-22)14-29(5,6)28(34)35/h8-13H,14-17H2,1-7H3,(H2,30,31)(H,34,35). The highest BCUT2D eigenvalue weighted by Crippen LogP contribution is 2.28. The summed E-state index contributed by atoms with van der Waals surface area (Å²) < 4.78 is 6.00. The molecule has 0 aliphatic heterocycles. The molecule has 2 aromatic carbocycles. The Balaban J connectivity index is 1.86. The number of carbonyl (C=O) groups is 1. The Labute approximate surface area is 214 Å². The Kier molecular flexibility index (Phi) is 8.35. The molecule has 7 nitrogen and oxygen atoms in total. The third kappa shape index (κ3) is 6.61. The topological polar surface area (TPSA) is 105 Å². The van der Waals surface area contributed by atoms with Crippen molar-refractivity contribution >= 4 is 11.8 Å². The van der Waals surface area contributed by atoms with Gasteiger partial charge in [0.2, 0.25) is 5.89 Å². The van der Waals surface area contributed by atoms with Gasteiger partial charge in [0.15, 0.2) is 0 Å². The molecule has 0 saturated heterocycles. The molecular formula is C29H38N4O3. The number of nitrogens with zero attached hydrogens (tertiary/aromatic N) is 3. The molecule has 0 atom stereocenters. The number of rotatable bonds is 10. The summed E-state index contributed by atoms with van der Waals surface area (Å²) >= 11 is 0. The molecule has 36 heavy (non-hydrogen) atoms. The summed E-state index contributed by atoms with van der Waals surface area (Å²) in [5, 5.41) is 9.57.